The Labute approximate surface area is 99.3 Å². The van der Waals surface area contributed by atoms with Crippen molar-refractivity contribution in [3.63, 3.8) is 0 Å². The molecule has 1 aliphatic rings. The van der Waals surface area contributed by atoms with Crippen molar-refractivity contribution in [2.24, 2.45) is 0 Å². The van der Waals surface area contributed by atoms with Crippen molar-refractivity contribution < 1.29 is 4.74 Å². The van der Waals surface area contributed by atoms with Gasteiger partial charge in [0.1, 0.15) is 0 Å². The number of methoxy groups -OCH3 is 1. The van der Waals surface area contributed by atoms with E-state index in [1.807, 2.05) is 12.1 Å². The van der Waals surface area contributed by atoms with Gasteiger partial charge >= 0.3 is 0 Å². The normalized spacial score (nSPS) is 18.8. The lowest BCUT2D eigenvalue weighted by Gasteiger charge is -2.24. The summed E-state index contributed by atoms with van der Waals surface area (Å²) in [5, 5.41) is 3.45. The number of nitrogens with one attached hydrogen (secondary N) is 2. The van der Waals surface area contributed by atoms with Crippen LogP contribution in [0.2, 0.25) is 0 Å². The van der Waals surface area contributed by atoms with Gasteiger partial charge in [0.15, 0.2) is 0 Å². The van der Waals surface area contributed by atoms with E-state index >= 15 is 0 Å². The molecule has 17 heavy (non-hydrogen) atoms. The summed E-state index contributed by atoms with van der Waals surface area (Å²) < 4.78 is 5.30. The summed E-state index contributed by atoms with van der Waals surface area (Å²) in [5.41, 5.74) is 3.27. The third-order valence-corrected chi connectivity index (χ3v) is 3.05. The van der Waals surface area contributed by atoms with Gasteiger partial charge in [-0.1, -0.05) is 6.07 Å². The van der Waals surface area contributed by atoms with Crippen LogP contribution in [0, 0.1) is 0 Å². The van der Waals surface area contributed by atoms with Gasteiger partial charge in [-0.15, -0.1) is 0 Å². The maximum Gasteiger partial charge on any atom is 0.218 e. The van der Waals surface area contributed by atoms with Gasteiger partial charge in [-0.05, 0) is 6.07 Å². The molecule has 0 aromatic carbocycles. The Morgan fingerprint density at radius 1 is 1.41 bits per heavy atom. The minimum Gasteiger partial charge on any atom is -0.481 e. The van der Waals surface area contributed by atoms with Crippen molar-refractivity contribution in [1.82, 2.24) is 20.3 Å². The maximum absolute atomic E-state index is 5.30. The molecule has 5 heteroatoms. The molecule has 0 fully saturated rings. The van der Waals surface area contributed by atoms with Crippen molar-refractivity contribution in [1.29, 1.82) is 0 Å². The molecule has 0 spiro atoms. The smallest absolute Gasteiger partial charge is 0.218 e. The number of hydrogen-bond acceptors (Lipinski definition) is 4. The summed E-state index contributed by atoms with van der Waals surface area (Å²) in [6.45, 7) is 0.928. The second-order valence-electron chi connectivity index (χ2n) is 4.01. The summed E-state index contributed by atoms with van der Waals surface area (Å²) in [5.74, 6) is 0.654. The first-order chi connectivity index (χ1) is 8.40. The van der Waals surface area contributed by atoms with Crippen LogP contribution in [0.4, 0.5) is 0 Å². The first-order valence-electron chi connectivity index (χ1n) is 5.64. The highest BCUT2D eigenvalue weighted by atomic mass is 16.5. The van der Waals surface area contributed by atoms with Crippen LogP contribution in [0.1, 0.15) is 23.0 Å². The fourth-order valence-electron chi connectivity index (χ4n) is 2.27. The number of nitrogens with zero attached hydrogens (tertiary/aromatic N) is 2. The second kappa shape index (κ2) is 4.18. The highest BCUT2D eigenvalue weighted by Gasteiger charge is 2.26. The van der Waals surface area contributed by atoms with Crippen LogP contribution >= 0.6 is 0 Å². The van der Waals surface area contributed by atoms with Gasteiger partial charge in [-0.2, -0.15) is 0 Å². The SMILES string of the molecule is COc1ncccc1[C@H]1NCCc2[nH]cnc21. The standard InChI is InChI=1S/C12H14N4O/c1-17-12-8(3-2-5-14-12)10-11-9(4-6-13-10)15-7-16-11/h2-3,5,7,10,13H,4,6H2,1H3,(H,15,16)/t10-/m1/s1. The van der Waals surface area contributed by atoms with Crippen molar-refractivity contribution in [3.8, 4) is 5.88 Å². The summed E-state index contributed by atoms with van der Waals surface area (Å²) in [6, 6.07) is 4.00. The number of pyridine rings is 1. The van der Waals surface area contributed by atoms with Crippen LogP contribution in [-0.2, 0) is 6.42 Å². The van der Waals surface area contributed by atoms with E-state index in [1.54, 1.807) is 19.6 Å². The molecule has 88 valence electrons. The predicted octanol–water partition coefficient (Wildman–Crippen LogP) is 1.05. The quantitative estimate of drug-likeness (QED) is 0.809. The summed E-state index contributed by atoms with van der Waals surface area (Å²) in [7, 11) is 1.64. The van der Waals surface area contributed by atoms with E-state index < -0.39 is 0 Å². The molecule has 0 unspecified atom stereocenters. The molecule has 3 heterocycles. The van der Waals surface area contributed by atoms with Crippen LogP contribution < -0.4 is 10.1 Å². The minimum absolute atomic E-state index is 0.0636. The summed E-state index contributed by atoms with van der Waals surface area (Å²) in [6.07, 6.45) is 4.46. The maximum atomic E-state index is 5.30. The lowest BCUT2D eigenvalue weighted by molar-refractivity contribution is 0.385. The molecule has 0 aliphatic carbocycles. The third kappa shape index (κ3) is 1.68. The van der Waals surface area contributed by atoms with E-state index in [2.05, 4.69) is 20.3 Å². The van der Waals surface area contributed by atoms with Crippen LogP contribution in [0.5, 0.6) is 5.88 Å². The molecule has 0 saturated carbocycles. The number of rotatable bonds is 2. The zero-order valence-electron chi connectivity index (χ0n) is 9.60. The Kier molecular flexibility index (Phi) is 2.53. The Bertz CT molecular complexity index is 523. The molecule has 5 nitrogen and oxygen atoms in total. The second-order valence-corrected chi connectivity index (χ2v) is 4.01. The lowest BCUT2D eigenvalue weighted by atomic mass is 9.99. The van der Waals surface area contributed by atoms with Gasteiger partial charge in [0.05, 0.1) is 25.2 Å². The lowest BCUT2D eigenvalue weighted by Crippen LogP contribution is -2.31. The number of H-pyrrole nitrogens is 1. The van der Waals surface area contributed by atoms with Crippen LogP contribution in [0.15, 0.2) is 24.7 Å². The van der Waals surface area contributed by atoms with E-state index in [4.69, 9.17) is 4.74 Å². The van der Waals surface area contributed by atoms with Gasteiger partial charge in [0.2, 0.25) is 5.88 Å². The van der Waals surface area contributed by atoms with E-state index in [1.165, 1.54) is 5.69 Å². The van der Waals surface area contributed by atoms with Crippen LogP contribution in [0.25, 0.3) is 0 Å². The average Bonchev–Trinajstić information content (AvgIpc) is 2.86. The Morgan fingerprint density at radius 2 is 2.35 bits per heavy atom. The zero-order valence-corrected chi connectivity index (χ0v) is 9.60. The van der Waals surface area contributed by atoms with Crippen molar-refractivity contribution in [3.05, 3.63) is 41.6 Å². The number of imidazole rings is 1. The molecule has 3 rings (SSSR count). The van der Waals surface area contributed by atoms with E-state index in [9.17, 15) is 0 Å². The molecule has 0 radical (unpaired) electrons. The van der Waals surface area contributed by atoms with Crippen LogP contribution in [-0.4, -0.2) is 28.6 Å². The summed E-state index contributed by atoms with van der Waals surface area (Å²) >= 11 is 0. The van der Waals surface area contributed by atoms with Crippen molar-refractivity contribution in [2.75, 3.05) is 13.7 Å². The highest BCUT2D eigenvalue weighted by Crippen LogP contribution is 2.30. The van der Waals surface area contributed by atoms with E-state index in [-0.39, 0.29) is 6.04 Å². The largest absolute Gasteiger partial charge is 0.481 e. The van der Waals surface area contributed by atoms with E-state index in [0.717, 1.165) is 24.2 Å². The number of ether oxygens (including phenoxy) is 1. The van der Waals surface area contributed by atoms with Crippen molar-refractivity contribution >= 4 is 0 Å². The van der Waals surface area contributed by atoms with Gasteiger partial charge in [-0.3, -0.25) is 0 Å². The monoisotopic (exact) mass is 230 g/mol. The predicted molar refractivity (Wildman–Crippen MR) is 62.9 cm³/mol. The van der Waals surface area contributed by atoms with Gasteiger partial charge in [0.25, 0.3) is 0 Å². The van der Waals surface area contributed by atoms with Gasteiger partial charge < -0.3 is 15.0 Å². The topological polar surface area (TPSA) is 62.8 Å². The Hall–Kier alpha value is -1.88. The molecular formula is C12H14N4O. The Balaban J connectivity index is 2.06. The highest BCUT2D eigenvalue weighted by molar-refractivity contribution is 5.37. The molecular weight excluding hydrogens is 216 g/mol. The molecule has 2 N–H and O–H groups in total. The van der Waals surface area contributed by atoms with Gasteiger partial charge in [0, 0.05) is 30.4 Å². The molecule has 1 atom stereocenters. The number of aromatic amines is 1. The number of hydrogen-bond donors (Lipinski definition) is 2. The molecule has 0 saturated heterocycles. The van der Waals surface area contributed by atoms with Gasteiger partial charge in [-0.25, -0.2) is 9.97 Å². The van der Waals surface area contributed by atoms with Crippen molar-refractivity contribution in [2.45, 2.75) is 12.5 Å². The average molecular weight is 230 g/mol. The third-order valence-electron chi connectivity index (χ3n) is 3.05. The van der Waals surface area contributed by atoms with Crippen LogP contribution in [0.3, 0.4) is 0 Å². The summed E-state index contributed by atoms with van der Waals surface area (Å²) in [4.78, 5) is 11.8. The number of aromatic nitrogens is 3. The first-order valence-corrected chi connectivity index (χ1v) is 5.64. The fourth-order valence-corrected chi connectivity index (χ4v) is 2.27. The first kappa shape index (κ1) is 10.3. The Morgan fingerprint density at radius 3 is 3.24 bits per heavy atom. The fraction of sp³-hybridized carbons (Fsp3) is 0.333. The zero-order chi connectivity index (χ0) is 11.7. The molecule has 0 bridgehead atoms. The molecule has 0 amide bonds. The molecule has 1 aliphatic heterocycles. The molecule has 2 aromatic rings. The van der Waals surface area contributed by atoms with E-state index in [0.29, 0.717) is 5.88 Å². The number of fused-ring (bicyclic) bond motifs is 1. The molecule has 2 aromatic heterocycles. The minimum atomic E-state index is 0.0636.